The van der Waals surface area contributed by atoms with Crippen LogP contribution in [0.25, 0.3) is 0 Å². The number of allylic oxidation sites excluding steroid dienone is 4. The summed E-state index contributed by atoms with van der Waals surface area (Å²) >= 11 is 0. The zero-order chi connectivity index (χ0) is 85.2. The van der Waals surface area contributed by atoms with Crippen LogP contribution in [0.2, 0.25) is 0 Å². The Kier molecular flexibility index (Phi) is 73.7. The van der Waals surface area contributed by atoms with Gasteiger partial charge >= 0.3 is 0 Å². The summed E-state index contributed by atoms with van der Waals surface area (Å²) in [5, 5.41) is 122. The maximum atomic E-state index is 13.6. The van der Waals surface area contributed by atoms with Crippen LogP contribution >= 0.6 is 0 Å². The summed E-state index contributed by atoms with van der Waals surface area (Å²) < 4.78 is 34.7. The zero-order valence-electron chi connectivity index (χ0n) is 75.9. The van der Waals surface area contributed by atoms with Gasteiger partial charge in [-0.05, 0) is 44.9 Å². The number of ether oxygens (including phenoxy) is 6. The van der Waals surface area contributed by atoms with E-state index in [4.69, 9.17) is 28.4 Å². The maximum absolute atomic E-state index is 13.6. The van der Waals surface area contributed by atoms with Crippen LogP contribution in [0.5, 0.6) is 0 Å². The van der Waals surface area contributed by atoms with E-state index in [9.17, 15) is 61.0 Å². The molecule has 1 amide bonds. The first kappa shape index (κ1) is 110. The van der Waals surface area contributed by atoms with Crippen LogP contribution in [0.1, 0.15) is 470 Å². The Morgan fingerprint density at radius 1 is 0.305 bits per heavy atom. The van der Waals surface area contributed by atoms with E-state index < -0.39 is 124 Å². The minimum atomic E-state index is -1.97. The second kappa shape index (κ2) is 78.7. The molecule has 3 aliphatic rings. The van der Waals surface area contributed by atoms with Gasteiger partial charge in [0.25, 0.3) is 0 Å². The Hall–Kier alpha value is -1.73. The molecule has 0 bridgehead atoms. The molecule has 698 valence electrons. The van der Waals surface area contributed by atoms with Crippen molar-refractivity contribution in [2.75, 3.05) is 26.4 Å². The highest BCUT2D eigenvalue weighted by atomic mass is 16.8. The Balaban J connectivity index is 1.26. The predicted octanol–water partition coefficient (Wildman–Crippen LogP) is 21.1. The standard InChI is InChI=1S/C99H189NO18/c1-3-5-7-9-11-13-15-17-19-21-23-25-27-29-31-33-35-37-38-39-40-41-42-43-44-45-47-49-51-53-55-57-59-61-63-65-67-69-71-73-75-77-87(105)100-82(83(104)76-74-72-70-68-66-64-62-60-58-56-54-52-50-48-46-36-34-32-30-28-26-24-22-20-18-16-14-12-10-8-6-4-2)81-113-97-93(111)90(108)95(85(79-102)115-97)118-99-94(112)91(109)96(86(80-103)116-99)117-98-92(110)89(107)88(106)84(78-101)114-98/h15,17,21,23,82-86,88-99,101-104,106-112H,3-14,16,18-20,22,24-81H2,1-2H3,(H,100,105)/b17-15-,23-21-. The van der Waals surface area contributed by atoms with Crippen molar-refractivity contribution in [1.29, 1.82) is 0 Å². The lowest BCUT2D eigenvalue weighted by Crippen LogP contribution is -2.66. The molecule has 17 atom stereocenters. The number of carbonyl (C=O) groups is 1. The third-order valence-electron chi connectivity index (χ3n) is 25.5. The molecule has 0 aliphatic carbocycles. The molecule has 118 heavy (non-hydrogen) atoms. The van der Waals surface area contributed by atoms with Gasteiger partial charge in [-0.1, -0.05) is 443 Å². The fraction of sp³-hybridized carbons (Fsp3) is 0.949. The van der Waals surface area contributed by atoms with Gasteiger partial charge in [-0.15, -0.1) is 0 Å². The van der Waals surface area contributed by atoms with Gasteiger partial charge in [0.05, 0.1) is 38.6 Å². The summed E-state index contributed by atoms with van der Waals surface area (Å²) in [6.07, 6.45) is 74.7. The van der Waals surface area contributed by atoms with E-state index in [1.54, 1.807) is 0 Å². The quantitative estimate of drug-likeness (QED) is 0.0199. The van der Waals surface area contributed by atoms with Gasteiger partial charge in [-0.2, -0.15) is 0 Å². The first-order valence-electron chi connectivity index (χ1n) is 50.6. The minimum absolute atomic E-state index is 0.231. The van der Waals surface area contributed by atoms with Gasteiger partial charge < -0.3 is 89.9 Å². The van der Waals surface area contributed by atoms with Crippen LogP contribution in [0, 0.1) is 0 Å². The van der Waals surface area contributed by atoms with Crippen LogP contribution in [0.15, 0.2) is 24.3 Å². The van der Waals surface area contributed by atoms with Crippen LogP contribution < -0.4 is 5.32 Å². The number of rotatable bonds is 85. The van der Waals surface area contributed by atoms with Crippen molar-refractivity contribution < 1.29 is 89.4 Å². The third kappa shape index (κ3) is 55.7. The molecule has 0 aromatic heterocycles. The highest BCUT2D eigenvalue weighted by molar-refractivity contribution is 5.76. The summed E-state index contributed by atoms with van der Waals surface area (Å²) in [5.41, 5.74) is 0. The molecule has 0 radical (unpaired) electrons. The van der Waals surface area contributed by atoms with Crippen LogP contribution in [-0.2, 0) is 33.2 Å². The molecular weight excluding hydrogens is 1490 g/mol. The van der Waals surface area contributed by atoms with Crippen molar-refractivity contribution >= 4 is 5.91 Å². The van der Waals surface area contributed by atoms with E-state index in [1.807, 2.05) is 0 Å². The lowest BCUT2D eigenvalue weighted by atomic mass is 9.96. The predicted molar refractivity (Wildman–Crippen MR) is 480 cm³/mol. The topological polar surface area (TPSA) is 307 Å². The number of carbonyl (C=O) groups excluding carboxylic acids is 1. The van der Waals surface area contributed by atoms with E-state index >= 15 is 0 Å². The Labute approximate surface area is 721 Å². The van der Waals surface area contributed by atoms with Gasteiger partial charge in [0.15, 0.2) is 18.9 Å². The molecule has 0 saturated carbocycles. The van der Waals surface area contributed by atoms with E-state index in [2.05, 4.69) is 43.5 Å². The monoisotopic (exact) mass is 1680 g/mol. The minimum Gasteiger partial charge on any atom is -0.394 e. The average Bonchev–Trinajstić information content (AvgIpc) is 0.777. The molecule has 0 aromatic rings. The molecule has 19 heteroatoms. The Morgan fingerprint density at radius 3 is 0.864 bits per heavy atom. The van der Waals surface area contributed by atoms with Crippen molar-refractivity contribution in [3.63, 3.8) is 0 Å². The molecule has 0 spiro atoms. The summed E-state index contributed by atoms with van der Waals surface area (Å²) in [6, 6.07) is -0.887. The molecule has 0 aromatic carbocycles. The van der Waals surface area contributed by atoms with E-state index in [0.29, 0.717) is 12.8 Å². The highest BCUT2D eigenvalue weighted by Crippen LogP contribution is 2.34. The summed E-state index contributed by atoms with van der Waals surface area (Å²) in [7, 11) is 0. The lowest BCUT2D eigenvalue weighted by molar-refractivity contribution is -0.379. The van der Waals surface area contributed by atoms with E-state index in [-0.39, 0.29) is 18.9 Å². The largest absolute Gasteiger partial charge is 0.394 e. The number of hydrogen-bond donors (Lipinski definition) is 12. The van der Waals surface area contributed by atoms with Crippen molar-refractivity contribution in [3.05, 3.63) is 24.3 Å². The summed E-state index contributed by atoms with van der Waals surface area (Å²) in [6.45, 7) is 1.88. The first-order valence-corrected chi connectivity index (χ1v) is 50.6. The third-order valence-corrected chi connectivity index (χ3v) is 25.5. The maximum Gasteiger partial charge on any atom is 0.220 e. The Bertz CT molecular complexity index is 2210. The summed E-state index contributed by atoms with van der Waals surface area (Å²) in [5.74, 6) is -0.231. The zero-order valence-corrected chi connectivity index (χ0v) is 75.9. The van der Waals surface area contributed by atoms with Crippen LogP contribution in [0.4, 0.5) is 0 Å². The molecule has 3 heterocycles. The second-order valence-corrected chi connectivity index (χ2v) is 36.3. The number of amides is 1. The molecule has 12 N–H and O–H groups in total. The number of hydrogen-bond acceptors (Lipinski definition) is 18. The molecular formula is C99H189NO18. The van der Waals surface area contributed by atoms with Crippen molar-refractivity contribution in [2.45, 2.75) is 574 Å². The molecule has 3 fully saturated rings. The molecule has 3 aliphatic heterocycles. The van der Waals surface area contributed by atoms with E-state index in [0.717, 1.165) is 51.4 Å². The van der Waals surface area contributed by atoms with Crippen LogP contribution in [0.3, 0.4) is 0 Å². The van der Waals surface area contributed by atoms with Gasteiger partial charge in [0.2, 0.25) is 5.91 Å². The number of aliphatic hydroxyl groups excluding tert-OH is 11. The Morgan fingerprint density at radius 2 is 0.559 bits per heavy atom. The SMILES string of the molecule is CCCCCCC/C=C\C/C=C\CCCCCCCCCCCCCCCCCCCCCCCCCCCCCCCC(=O)NC(COC1OC(CO)C(OC2OC(CO)C(OC3OC(CO)C(O)C(O)C3O)C(O)C2O)C(O)C1O)C(O)CCCCCCCCCCCCCCCCCCCCCCCCCCCCCCCCCC. The van der Waals surface area contributed by atoms with Crippen LogP contribution in [-0.4, -0.2) is 193 Å². The van der Waals surface area contributed by atoms with Gasteiger partial charge in [0.1, 0.15) is 73.2 Å². The van der Waals surface area contributed by atoms with E-state index in [1.165, 1.54) is 385 Å². The van der Waals surface area contributed by atoms with Gasteiger partial charge in [-0.3, -0.25) is 4.79 Å². The van der Waals surface area contributed by atoms with Gasteiger partial charge in [0, 0.05) is 6.42 Å². The number of aliphatic hydroxyl groups is 11. The normalized spacial score (nSPS) is 24.3. The van der Waals surface area contributed by atoms with Crippen molar-refractivity contribution in [2.24, 2.45) is 0 Å². The first-order chi connectivity index (χ1) is 57.8. The fourth-order valence-electron chi connectivity index (χ4n) is 17.5. The fourth-order valence-corrected chi connectivity index (χ4v) is 17.5. The van der Waals surface area contributed by atoms with Gasteiger partial charge in [-0.25, -0.2) is 0 Å². The van der Waals surface area contributed by atoms with Crippen molar-refractivity contribution in [3.8, 4) is 0 Å². The summed E-state index contributed by atoms with van der Waals surface area (Å²) in [4.78, 5) is 13.6. The average molecular weight is 1680 g/mol. The molecule has 3 rings (SSSR count). The highest BCUT2D eigenvalue weighted by Gasteiger charge is 2.54. The number of nitrogens with one attached hydrogen (secondary N) is 1. The van der Waals surface area contributed by atoms with Crippen molar-refractivity contribution in [1.82, 2.24) is 5.32 Å². The lowest BCUT2D eigenvalue weighted by Gasteiger charge is -2.48. The second-order valence-electron chi connectivity index (χ2n) is 36.3. The smallest absolute Gasteiger partial charge is 0.220 e. The number of unbranched alkanes of at least 4 members (excludes halogenated alkanes) is 65. The molecule has 3 saturated heterocycles. The molecule has 19 nitrogen and oxygen atoms in total. The molecule has 17 unspecified atom stereocenters.